The smallest absolute Gasteiger partial charge is 0.325 e. The molecule has 0 aromatic heterocycles. The van der Waals surface area contributed by atoms with E-state index in [1.54, 1.807) is 12.1 Å². The molecular formula is C22H27N3O6. The standard InChI is InChI=1S/C22H27N3O6/c1-21(2)14-6-7-22(21,3)17(9-14)24-25-18(26)11-29-19(27)10-23-20(28)13-4-5-15-16(8-13)31-12-30-15/h4-5,8,14H,6-7,9-12H2,1-3H3,(H,23,28)(H,25,26)/b24-17-. The van der Waals surface area contributed by atoms with Crippen molar-refractivity contribution in [3.05, 3.63) is 23.8 Å². The van der Waals surface area contributed by atoms with E-state index in [1.807, 2.05) is 0 Å². The highest BCUT2D eigenvalue weighted by Gasteiger charge is 2.60. The van der Waals surface area contributed by atoms with E-state index in [0.717, 1.165) is 18.6 Å². The number of nitrogens with zero attached hydrogens (tertiary/aromatic N) is 1. The summed E-state index contributed by atoms with van der Waals surface area (Å²) in [5.41, 5.74) is 3.98. The van der Waals surface area contributed by atoms with Crippen LogP contribution in [0.5, 0.6) is 11.5 Å². The van der Waals surface area contributed by atoms with Crippen molar-refractivity contribution in [3.63, 3.8) is 0 Å². The summed E-state index contributed by atoms with van der Waals surface area (Å²) < 4.78 is 15.3. The van der Waals surface area contributed by atoms with Gasteiger partial charge in [-0.2, -0.15) is 5.10 Å². The van der Waals surface area contributed by atoms with Crippen molar-refractivity contribution in [1.82, 2.24) is 10.7 Å². The monoisotopic (exact) mass is 429 g/mol. The second kappa shape index (κ2) is 7.86. The maximum Gasteiger partial charge on any atom is 0.325 e. The van der Waals surface area contributed by atoms with Crippen LogP contribution in [0.3, 0.4) is 0 Å². The third-order valence-corrected chi connectivity index (χ3v) is 7.22. The summed E-state index contributed by atoms with van der Waals surface area (Å²) in [4.78, 5) is 36.1. The number of amides is 2. The molecule has 2 N–H and O–H groups in total. The SMILES string of the molecule is CC12CCC(C/C1=N/NC(=O)COC(=O)CNC(=O)c1ccc3c(c1)OCO3)C2(C)C. The molecule has 0 spiro atoms. The fourth-order valence-electron chi connectivity index (χ4n) is 4.75. The molecule has 2 saturated carbocycles. The van der Waals surface area contributed by atoms with E-state index in [2.05, 4.69) is 36.6 Å². The number of nitrogens with one attached hydrogen (secondary N) is 2. The van der Waals surface area contributed by atoms with Crippen LogP contribution in [0.1, 0.15) is 50.4 Å². The van der Waals surface area contributed by atoms with Gasteiger partial charge in [0.25, 0.3) is 11.8 Å². The lowest BCUT2D eigenvalue weighted by molar-refractivity contribution is -0.147. The van der Waals surface area contributed by atoms with Gasteiger partial charge < -0.3 is 19.5 Å². The number of esters is 1. The zero-order valence-electron chi connectivity index (χ0n) is 17.9. The number of hydrogen-bond donors (Lipinski definition) is 2. The first-order chi connectivity index (χ1) is 14.7. The van der Waals surface area contributed by atoms with Gasteiger partial charge in [0.15, 0.2) is 18.1 Å². The van der Waals surface area contributed by atoms with Crippen molar-refractivity contribution < 1.29 is 28.6 Å². The Bertz CT molecular complexity index is 957. The largest absolute Gasteiger partial charge is 0.454 e. The van der Waals surface area contributed by atoms with E-state index < -0.39 is 24.4 Å². The van der Waals surface area contributed by atoms with Crippen LogP contribution in [0, 0.1) is 16.7 Å². The number of benzene rings is 1. The lowest BCUT2D eigenvalue weighted by Crippen LogP contribution is -2.35. The summed E-state index contributed by atoms with van der Waals surface area (Å²) in [6.07, 6.45) is 3.14. The van der Waals surface area contributed by atoms with E-state index in [0.29, 0.717) is 23.0 Å². The molecule has 1 aromatic carbocycles. The number of hydrogen-bond acceptors (Lipinski definition) is 7. The molecule has 2 bridgehead atoms. The quantitative estimate of drug-likeness (QED) is 0.528. The van der Waals surface area contributed by atoms with Gasteiger partial charge >= 0.3 is 5.97 Å². The van der Waals surface area contributed by atoms with Crippen LogP contribution in [0.2, 0.25) is 0 Å². The van der Waals surface area contributed by atoms with Gasteiger partial charge in [-0.3, -0.25) is 14.4 Å². The predicted octanol–water partition coefficient (Wildman–Crippen LogP) is 2.01. The summed E-state index contributed by atoms with van der Waals surface area (Å²) in [6, 6.07) is 4.73. The Hall–Kier alpha value is -3.10. The zero-order valence-corrected chi connectivity index (χ0v) is 17.9. The summed E-state index contributed by atoms with van der Waals surface area (Å²) in [5, 5.41) is 6.78. The lowest BCUT2D eigenvalue weighted by Gasteiger charge is -2.34. The van der Waals surface area contributed by atoms with Gasteiger partial charge in [-0.1, -0.05) is 20.8 Å². The van der Waals surface area contributed by atoms with Crippen LogP contribution in [0.15, 0.2) is 23.3 Å². The molecule has 1 aliphatic heterocycles. The Morgan fingerprint density at radius 1 is 1.19 bits per heavy atom. The van der Waals surface area contributed by atoms with Crippen LogP contribution >= 0.6 is 0 Å². The maximum atomic E-state index is 12.2. The minimum atomic E-state index is -0.718. The Morgan fingerprint density at radius 3 is 2.68 bits per heavy atom. The van der Waals surface area contributed by atoms with Gasteiger partial charge in [0.05, 0.1) is 0 Å². The molecule has 3 aliphatic rings. The molecule has 2 unspecified atom stereocenters. The maximum absolute atomic E-state index is 12.2. The van der Waals surface area contributed by atoms with Crippen LogP contribution in [-0.4, -0.2) is 43.4 Å². The first-order valence-electron chi connectivity index (χ1n) is 10.4. The lowest BCUT2D eigenvalue weighted by atomic mass is 9.70. The number of carbonyl (C=O) groups is 3. The van der Waals surface area contributed by atoms with Gasteiger partial charge in [-0.15, -0.1) is 0 Å². The number of fused-ring (bicyclic) bond motifs is 3. The van der Waals surface area contributed by atoms with Crippen LogP contribution in [-0.2, 0) is 14.3 Å². The van der Waals surface area contributed by atoms with E-state index in [1.165, 1.54) is 12.5 Å². The van der Waals surface area contributed by atoms with Crippen molar-refractivity contribution in [3.8, 4) is 11.5 Å². The second-order valence-corrected chi connectivity index (χ2v) is 9.00. The topological polar surface area (TPSA) is 115 Å². The minimum Gasteiger partial charge on any atom is -0.454 e. The highest BCUT2D eigenvalue weighted by molar-refractivity contribution is 5.97. The summed E-state index contributed by atoms with van der Waals surface area (Å²) in [7, 11) is 0. The minimum absolute atomic E-state index is 0.0133. The zero-order chi connectivity index (χ0) is 22.2. The fourth-order valence-corrected chi connectivity index (χ4v) is 4.75. The van der Waals surface area contributed by atoms with Crippen LogP contribution in [0.25, 0.3) is 0 Å². The average molecular weight is 429 g/mol. The molecule has 2 aliphatic carbocycles. The van der Waals surface area contributed by atoms with Crippen molar-refractivity contribution in [2.45, 2.75) is 40.0 Å². The van der Waals surface area contributed by atoms with E-state index in [9.17, 15) is 14.4 Å². The average Bonchev–Trinajstić information content (AvgIpc) is 3.36. The molecule has 2 amide bonds. The molecule has 0 radical (unpaired) electrons. The van der Waals surface area contributed by atoms with Crippen molar-refractivity contribution >= 4 is 23.5 Å². The highest BCUT2D eigenvalue weighted by atomic mass is 16.7. The summed E-state index contributed by atoms with van der Waals surface area (Å²) >= 11 is 0. The normalized spacial score (nSPS) is 26.0. The molecule has 2 atom stereocenters. The van der Waals surface area contributed by atoms with Crippen molar-refractivity contribution in [2.75, 3.05) is 19.9 Å². The van der Waals surface area contributed by atoms with Gasteiger partial charge in [0.1, 0.15) is 6.54 Å². The molecule has 9 nitrogen and oxygen atoms in total. The predicted molar refractivity (Wildman–Crippen MR) is 111 cm³/mol. The van der Waals surface area contributed by atoms with Crippen LogP contribution in [0.4, 0.5) is 0 Å². The molecule has 1 aromatic rings. The van der Waals surface area contributed by atoms with Gasteiger partial charge in [0, 0.05) is 16.7 Å². The van der Waals surface area contributed by atoms with Gasteiger partial charge in [-0.25, -0.2) is 5.43 Å². The Balaban J connectivity index is 1.20. The molecule has 2 fully saturated rings. The van der Waals surface area contributed by atoms with Gasteiger partial charge in [-0.05, 0) is 48.8 Å². The first kappa shape index (κ1) is 21.1. The molecule has 166 valence electrons. The number of rotatable bonds is 6. The number of ether oxygens (including phenoxy) is 3. The molecular weight excluding hydrogens is 402 g/mol. The van der Waals surface area contributed by atoms with Crippen LogP contribution < -0.4 is 20.2 Å². The second-order valence-electron chi connectivity index (χ2n) is 9.00. The molecule has 4 rings (SSSR count). The van der Waals surface area contributed by atoms with E-state index in [4.69, 9.17) is 14.2 Å². The Kier molecular flexibility index (Phi) is 5.36. The van der Waals surface area contributed by atoms with Crippen molar-refractivity contribution in [2.24, 2.45) is 21.8 Å². The number of carbonyl (C=O) groups excluding carboxylic acids is 3. The van der Waals surface area contributed by atoms with E-state index >= 15 is 0 Å². The van der Waals surface area contributed by atoms with E-state index in [-0.39, 0.29) is 24.2 Å². The third-order valence-electron chi connectivity index (χ3n) is 7.22. The summed E-state index contributed by atoms with van der Waals surface area (Å²) in [6.45, 7) is 6.01. The first-order valence-corrected chi connectivity index (χ1v) is 10.4. The van der Waals surface area contributed by atoms with Crippen molar-refractivity contribution in [1.29, 1.82) is 0 Å². The highest BCUT2D eigenvalue weighted by Crippen LogP contribution is 2.63. The molecule has 0 saturated heterocycles. The fraction of sp³-hybridized carbons (Fsp3) is 0.545. The molecule has 1 heterocycles. The Labute approximate surface area is 180 Å². The summed E-state index contributed by atoms with van der Waals surface area (Å²) in [5.74, 6) is -0.0653. The number of hydrazone groups is 1. The van der Waals surface area contributed by atoms with Gasteiger partial charge in [0.2, 0.25) is 6.79 Å². The molecule has 31 heavy (non-hydrogen) atoms. The molecule has 9 heteroatoms. The third kappa shape index (κ3) is 3.84. The Morgan fingerprint density at radius 2 is 1.97 bits per heavy atom.